The van der Waals surface area contributed by atoms with Crippen molar-refractivity contribution in [2.24, 2.45) is 0 Å². The summed E-state index contributed by atoms with van der Waals surface area (Å²) in [5, 5.41) is 12.5. The Kier molecular flexibility index (Phi) is 5.14. The predicted molar refractivity (Wildman–Crippen MR) is 98.0 cm³/mol. The first kappa shape index (κ1) is 17.7. The average molecular weight is 389 g/mol. The number of thioether (sulfide) groups is 1. The minimum Gasteiger partial charge on any atom is -0.454 e. The smallest absolute Gasteiger partial charge is 0.325 e. The first-order chi connectivity index (χ1) is 13.2. The summed E-state index contributed by atoms with van der Waals surface area (Å²) < 4.78 is 10.5. The summed E-state index contributed by atoms with van der Waals surface area (Å²) in [4.78, 5) is 28.3. The van der Waals surface area contributed by atoms with Crippen molar-refractivity contribution in [2.45, 2.75) is 36.8 Å². The van der Waals surface area contributed by atoms with Crippen molar-refractivity contribution in [3.63, 3.8) is 0 Å². The molecule has 142 valence electrons. The Morgan fingerprint density at radius 3 is 2.89 bits per heavy atom. The number of ether oxygens (including phenoxy) is 2. The van der Waals surface area contributed by atoms with E-state index < -0.39 is 11.9 Å². The highest BCUT2D eigenvalue weighted by Crippen LogP contribution is 2.34. The average Bonchev–Trinajstić information content (AvgIpc) is 3.39. The third-order valence-corrected chi connectivity index (χ3v) is 5.29. The molecule has 27 heavy (non-hydrogen) atoms. The van der Waals surface area contributed by atoms with Crippen LogP contribution in [0.3, 0.4) is 0 Å². The van der Waals surface area contributed by atoms with E-state index in [1.54, 1.807) is 18.2 Å². The molecule has 1 aromatic carbocycles. The Morgan fingerprint density at radius 2 is 2.04 bits per heavy atom. The van der Waals surface area contributed by atoms with Crippen molar-refractivity contribution in [1.29, 1.82) is 0 Å². The summed E-state index contributed by atoms with van der Waals surface area (Å²) in [6.45, 7) is 0.157. The minimum atomic E-state index is -0.610. The summed E-state index contributed by atoms with van der Waals surface area (Å²) in [5.74, 6) is 2.13. The number of imide groups is 1. The zero-order valence-corrected chi connectivity index (χ0v) is 15.3. The second-order valence-corrected chi connectivity index (χ2v) is 7.29. The summed E-state index contributed by atoms with van der Waals surface area (Å²) in [6, 6.07) is 4.39. The fourth-order valence-electron chi connectivity index (χ4n) is 3.13. The quantitative estimate of drug-likeness (QED) is 0.673. The molecule has 0 atom stereocenters. The molecule has 4 rings (SSSR count). The molecule has 1 aliphatic carbocycles. The van der Waals surface area contributed by atoms with Crippen molar-refractivity contribution >= 4 is 29.4 Å². The van der Waals surface area contributed by atoms with Crippen LogP contribution in [0.2, 0.25) is 0 Å². The molecule has 1 aliphatic heterocycles. The summed E-state index contributed by atoms with van der Waals surface area (Å²) in [6.07, 6.45) is 4.68. The van der Waals surface area contributed by atoms with Crippen LogP contribution in [0.4, 0.5) is 10.5 Å². The molecule has 9 nitrogen and oxygen atoms in total. The number of hydrogen-bond donors (Lipinski definition) is 3. The van der Waals surface area contributed by atoms with E-state index in [2.05, 4.69) is 25.8 Å². The van der Waals surface area contributed by atoms with Crippen molar-refractivity contribution in [3.05, 3.63) is 24.0 Å². The molecule has 1 saturated carbocycles. The van der Waals surface area contributed by atoms with Crippen LogP contribution >= 0.6 is 11.8 Å². The first-order valence-corrected chi connectivity index (χ1v) is 9.71. The lowest BCUT2D eigenvalue weighted by molar-refractivity contribution is -0.117. The van der Waals surface area contributed by atoms with E-state index in [1.807, 2.05) is 0 Å². The van der Waals surface area contributed by atoms with Gasteiger partial charge in [-0.15, -0.1) is 5.10 Å². The second kappa shape index (κ2) is 7.87. The molecule has 0 saturated heterocycles. The van der Waals surface area contributed by atoms with Gasteiger partial charge in [0, 0.05) is 17.7 Å². The third kappa shape index (κ3) is 4.33. The van der Waals surface area contributed by atoms with Crippen LogP contribution in [0.25, 0.3) is 0 Å². The lowest BCUT2D eigenvalue weighted by atomic mass is 10.1. The first-order valence-electron chi connectivity index (χ1n) is 8.73. The number of carbonyl (C=O) groups is 2. The van der Waals surface area contributed by atoms with Crippen molar-refractivity contribution in [1.82, 2.24) is 20.5 Å². The van der Waals surface area contributed by atoms with Crippen molar-refractivity contribution in [2.75, 3.05) is 17.9 Å². The van der Waals surface area contributed by atoms with Crippen molar-refractivity contribution < 1.29 is 19.1 Å². The Bertz CT molecular complexity index is 850. The van der Waals surface area contributed by atoms with Gasteiger partial charge in [0.15, 0.2) is 11.5 Å². The summed E-state index contributed by atoms with van der Waals surface area (Å²) in [7, 11) is 0. The van der Waals surface area contributed by atoms with Crippen LogP contribution in [0.15, 0.2) is 23.4 Å². The van der Waals surface area contributed by atoms with E-state index in [0.29, 0.717) is 28.3 Å². The molecule has 2 aliphatic rings. The zero-order chi connectivity index (χ0) is 18.6. The van der Waals surface area contributed by atoms with Crippen LogP contribution < -0.4 is 20.1 Å². The number of benzene rings is 1. The van der Waals surface area contributed by atoms with Gasteiger partial charge in [-0.3, -0.25) is 15.2 Å². The number of nitrogens with zero attached hydrogens (tertiary/aromatic N) is 2. The van der Waals surface area contributed by atoms with Gasteiger partial charge in [-0.05, 0) is 25.0 Å². The highest BCUT2D eigenvalue weighted by Gasteiger charge is 2.21. The van der Waals surface area contributed by atoms with E-state index in [0.717, 1.165) is 18.7 Å². The van der Waals surface area contributed by atoms with Gasteiger partial charge in [-0.25, -0.2) is 9.78 Å². The number of urea groups is 1. The normalized spacial score (nSPS) is 15.7. The number of anilines is 1. The summed E-state index contributed by atoms with van der Waals surface area (Å²) >= 11 is 1.19. The number of amides is 3. The molecule has 2 heterocycles. The maximum Gasteiger partial charge on any atom is 0.325 e. The lowest BCUT2D eigenvalue weighted by Crippen LogP contribution is -2.35. The molecule has 1 aromatic heterocycles. The standard InChI is InChI=1S/C17H19N5O4S/c23-14(8-27-17-20-15(21-22-17)10-3-1-2-4-10)19-16(24)18-11-5-6-12-13(7-11)26-9-25-12/h5-7,10H,1-4,8-9H2,(H,20,21,22)(H2,18,19,23,24). The monoisotopic (exact) mass is 389 g/mol. The Balaban J connectivity index is 1.23. The van der Waals surface area contributed by atoms with E-state index in [1.165, 1.54) is 24.6 Å². The largest absolute Gasteiger partial charge is 0.454 e. The summed E-state index contributed by atoms with van der Waals surface area (Å²) in [5.41, 5.74) is 0.507. The van der Waals surface area contributed by atoms with E-state index >= 15 is 0 Å². The number of nitrogens with one attached hydrogen (secondary N) is 3. The van der Waals surface area contributed by atoms with E-state index in [4.69, 9.17) is 9.47 Å². The van der Waals surface area contributed by atoms with Gasteiger partial charge < -0.3 is 14.8 Å². The highest BCUT2D eigenvalue weighted by atomic mass is 32.2. The number of fused-ring (bicyclic) bond motifs is 1. The Labute approximate surface area is 159 Å². The minimum absolute atomic E-state index is 0.0521. The van der Waals surface area contributed by atoms with Crippen LogP contribution in [0.5, 0.6) is 11.5 Å². The number of H-pyrrole nitrogens is 1. The van der Waals surface area contributed by atoms with Crippen LogP contribution in [0, 0.1) is 0 Å². The second-order valence-electron chi connectivity index (χ2n) is 6.34. The molecule has 0 spiro atoms. The van der Waals surface area contributed by atoms with Crippen LogP contribution in [-0.4, -0.2) is 39.7 Å². The van der Waals surface area contributed by atoms with Crippen LogP contribution in [0.1, 0.15) is 37.4 Å². The van der Waals surface area contributed by atoms with Gasteiger partial charge in [0.05, 0.1) is 5.75 Å². The van der Waals surface area contributed by atoms with Gasteiger partial charge in [-0.2, -0.15) is 0 Å². The van der Waals surface area contributed by atoms with Gasteiger partial charge in [0.25, 0.3) is 0 Å². The molecule has 0 radical (unpaired) electrons. The SMILES string of the molecule is O=C(CSc1n[nH]c(C2CCCC2)n1)NC(=O)Nc1ccc2c(c1)OCO2. The van der Waals surface area contributed by atoms with Crippen molar-refractivity contribution in [3.8, 4) is 11.5 Å². The van der Waals surface area contributed by atoms with Gasteiger partial charge in [0.1, 0.15) is 5.82 Å². The van der Waals surface area contributed by atoms with E-state index in [-0.39, 0.29) is 12.5 Å². The van der Waals surface area contributed by atoms with Gasteiger partial charge in [-0.1, -0.05) is 24.6 Å². The molecule has 2 aromatic rings. The topological polar surface area (TPSA) is 118 Å². The number of carbonyl (C=O) groups excluding carboxylic acids is 2. The molecule has 0 bridgehead atoms. The highest BCUT2D eigenvalue weighted by molar-refractivity contribution is 7.99. The number of hydrogen-bond acceptors (Lipinski definition) is 7. The predicted octanol–water partition coefficient (Wildman–Crippen LogP) is 2.63. The zero-order valence-electron chi connectivity index (χ0n) is 14.5. The van der Waals surface area contributed by atoms with E-state index in [9.17, 15) is 9.59 Å². The molecule has 3 N–H and O–H groups in total. The Morgan fingerprint density at radius 1 is 1.22 bits per heavy atom. The maximum absolute atomic E-state index is 12.0. The molecular formula is C17H19N5O4S. The number of rotatable bonds is 5. The fraction of sp³-hybridized carbons (Fsp3) is 0.412. The molecular weight excluding hydrogens is 370 g/mol. The molecule has 0 unspecified atom stereocenters. The number of aromatic nitrogens is 3. The fourth-order valence-corrected chi connectivity index (χ4v) is 3.74. The Hall–Kier alpha value is -2.75. The molecule has 3 amide bonds. The molecule has 10 heteroatoms. The number of aromatic amines is 1. The van der Waals surface area contributed by atoms with Crippen LogP contribution in [-0.2, 0) is 4.79 Å². The van der Waals surface area contributed by atoms with Gasteiger partial charge >= 0.3 is 6.03 Å². The lowest BCUT2D eigenvalue weighted by Gasteiger charge is -2.07. The maximum atomic E-state index is 12.0. The van der Waals surface area contributed by atoms with Gasteiger partial charge in [0.2, 0.25) is 17.9 Å². The molecule has 1 fully saturated rings. The third-order valence-electron chi connectivity index (χ3n) is 4.44.